The number of ether oxygens (including phenoxy) is 1. The van der Waals surface area contributed by atoms with Gasteiger partial charge in [0.1, 0.15) is 5.75 Å². The molecule has 0 N–H and O–H groups in total. The molecule has 21 heavy (non-hydrogen) atoms. The number of aromatic nitrogens is 2. The molecule has 6 heteroatoms. The van der Waals surface area contributed by atoms with Gasteiger partial charge in [-0.15, -0.1) is 10.2 Å². The van der Waals surface area contributed by atoms with Gasteiger partial charge in [-0.25, -0.2) is 0 Å². The fourth-order valence-corrected chi connectivity index (χ4v) is 2.55. The normalized spacial score (nSPS) is 18.5. The summed E-state index contributed by atoms with van der Waals surface area (Å²) < 4.78 is 10.9. The summed E-state index contributed by atoms with van der Waals surface area (Å²) in [5, 5.41) is 8.24. The molecule has 1 aromatic carbocycles. The second-order valence-electron chi connectivity index (χ2n) is 5.11. The Morgan fingerprint density at radius 3 is 2.86 bits per heavy atom. The minimum Gasteiger partial charge on any atom is -0.497 e. The summed E-state index contributed by atoms with van der Waals surface area (Å²) in [7, 11) is 1.63. The number of methoxy groups -OCH3 is 1. The summed E-state index contributed by atoms with van der Waals surface area (Å²) in [4.78, 5) is 12.6. The molecule has 1 atom stereocenters. The van der Waals surface area contributed by atoms with Gasteiger partial charge in [-0.05, 0) is 37.1 Å². The summed E-state index contributed by atoms with van der Waals surface area (Å²) in [6.45, 7) is 1.45. The van der Waals surface area contributed by atoms with Gasteiger partial charge in [-0.3, -0.25) is 4.79 Å². The van der Waals surface area contributed by atoms with Crippen molar-refractivity contribution >= 4 is 6.41 Å². The molecular formula is C15H17N3O3. The first-order chi connectivity index (χ1) is 10.3. The molecule has 110 valence electrons. The third-order valence-electron chi connectivity index (χ3n) is 3.73. The largest absolute Gasteiger partial charge is 0.497 e. The number of rotatable bonds is 4. The number of benzene rings is 1. The number of piperidine rings is 1. The third kappa shape index (κ3) is 2.89. The Bertz CT molecular complexity index is 609. The highest BCUT2D eigenvalue weighted by atomic mass is 16.5. The van der Waals surface area contributed by atoms with Crippen LogP contribution in [0, 0.1) is 0 Å². The van der Waals surface area contributed by atoms with Crippen LogP contribution in [0.25, 0.3) is 11.5 Å². The minimum atomic E-state index is 0.128. The number of carbonyl (C=O) groups excluding carboxylic acids is 1. The molecule has 1 aliphatic rings. The third-order valence-corrected chi connectivity index (χ3v) is 3.73. The van der Waals surface area contributed by atoms with Crippen molar-refractivity contribution in [2.45, 2.75) is 18.8 Å². The van der Waals surface area contributed by atoms with Crippen LogP contribution in [0.3, 0.4) is 0 Å². The molecule has 3 rings (SSSR count). The molecule has 2 heterocycles. The van der Waals surface area contributed by atoms with Gasteiger partial charge in [-0.2, -0.15) is 0 Å². The lowest BCUT2D eigenvalue weighted by molar-refractivity contribution is -0.119. The van der Waals surface area contributed by atoms with Crippen LogP contribution < -0.4 is 4.74 Å². The van der Waals surface area contributed by atoms with Gasteiger partial charge >= 0.3 is 0 Å². The van der Waals surface area contributed by atoms with Crippen molar-refractivity contribution in [3.63, 3.8) is 0 Å². The van der Waals surface area contributed by atoms with E-state index in [4.69, 9.17) is 9.15 Å². The number of likely N-dealkylation sites (tertiary alicyclic amines) is 1. The first kappa shape index (κ1) is 13.6. The van der Waals surface area contributed by atoms with Crippen molar-refractivity contribution in [3.05, 3.63) is 30.2 Å². The first-order valence-electron chi connectivity index (χ1n) is 6.97. The van der Waals surface area contributed by atoms with E-state index in [9.17, 15) is 4.79 Å². The van der Waals surface area contributed by atoms with Gasteiger partial charge < -0.3 is 14.1 Å². The van der Waals surface area contributed by atoms with E-state index in [-0.39, 0.29) is 5.92 Å². The van der Waals surface area contributed by atoms with E-state index < -0.39 is 0 Å². The summed E-state index contributed by atoms with van der Waals surface area (Å²) in [5.41, 5.74) is 0.859. The van der Waals surface area contributed by atoms with Crippen molar-refractivity contribution in [1.29, 1.82) is 0 Å². The Morgan fingerprint density at radius 1 is 1.33 bits per heavy atom. The van der Waals surface area contributed by atoms with E-state index in [0.29, 0.717) is 18.3 Å². The van der Waals surface area contributed by atoms with Crippen LogP contribution in [0.5, 0.6) is 5.75 Å². The predicted octanol–water partition coefficient (Wildman–Crippen LogP) is 2.08. The minimum absolute atomic E-state index is 0.128. The van der Waals surface area contributed by atoms with E-state index in [1.165, 1.54) is 0 Å². The quantitative estimate of drug-likeness (QED) is 0.805. The predicted molar refractivity (Wildman–Crippen MR) is 75.9 cm³/mol. The highest BCUT2D eigenvalue weighted by Gasteiger charge is 2.25. The number of hydrogen-bond donors (Lipinski definition) is 0. The van der Waals surface area contributed by atoms with E-state index in [1.807, 2.05) is 24.3 Å². The first-order valence-corrected chi connectivity index (χ1v) is 6.97. The van der Waals surface area contributed by atoms with E-state index in [0.717, 1.165) is 37.1 Å². The molecule has 1 amide bonds. The van der Waals surface area contributed by atoms with Gasteiger partial charge in [0.2, 0.25) is 18.2 Å². The second-order valence-corrected chi connectivity index (χ2v) is 5.11. The van der Waals surface area contributed by atoms with E-state index in [2.05, 4.69) is 10.2 Å². The van der Waals surface area contributed by atoms with Gasteiger partial charge in [-0.1, -0.05) is 0 Å². The molecule has 0 bridgehead atoms. The lowest BCUT2D eigenvalue weighted by Gasteiger charge is -2.27. The molecule has 1 unspecified atom stereocenters. The number of hydrogen-bond acceptors (Lipinski definition) is 5. The molecule has 0 spiro atoms. The lowest BCUT2D eigenvalue weighted by Crippen LogP contribution is -2.33. The topological polar surface area (TPSA) is 68.5 Å². The Labute approximate surface area is 122 Å². The van der Waals surface area contributed by atoms with Crippen molar-refractivity contribution < 1.29 is 13.9 Å². The zero-order valence-corrected chi connectivity index (χ0v) is 11.9. The van der Waals surface area contributed by atoms with Gasteiger partial charge in [0.15, 0.2) is 0 Å². The molecule has 1 saturated heterocycles. The highest BCUT2D eigenvalue weighted by Crippen LogP contribution is 2.28. The van der Waals surface area contributed by atoms with Crippen LogP contribution in [0.1, 0.15) is 24.7 Å². The van der Waals surface area contributed by atoms with E-state index in [1.54, 1.807) is 12.0 Å². The van der Waals surface area contributed by atoms with Crippen molar-refractivity contribution in [3.8, 4) is 17.2 Å². The van der Waals surface area contributed by atoms with Gasteiger partial charge in [0, 0.05) is 18.7 Å². The molecule has 0 aliphatic carbocycles. The molecule has 2 aromatic rings. The summed E-state index contributed by atoms with van der Waals surface area (Å²) in [5.74, 6) is 2.01. The molecular weight excluding hydrogens is 270 g/mol. The summed E-state index contributed by atoms with van der Waals surface area (Å²) >= 11 is 0. The molecule has 0 radical (unpaired) electrons. The van der Waals surface area contributed by atoms with Crippen molar-refractivity contribution in [2.24, 2.45) is 0 Å². The number of carbonyl (C=O) groups is 1. The van der Waals surface area contributed by atoms with Crippen molar-refractivity contribution in [1.82, 2.24) is 15.1 Å². The van der Waals surface area contributed by atoms with E-state index >= 15 is 0 Å². The van der Waals surface area contributed by atoms with Crippen LogP contribution in [-0.2, 0) is 4.79 Å². The Balaban J connectivity index is 1.77. The molecule has 6 nitrogen and oxygen atoms in total. The molecule has 0 saturated carbocycles. The Morgan fingerprint density at radius 2 is 2.14 bits per heavy atom. The standard InChI is InChI=1S/C15H17N3O3/c1-20-13-6-4-11(5-7-13)14-16-17-15(21-14)12-3-2-8-18(9-12)10-19/h4-7,10,12H,2-3,8-9H2,1H3. The van der Waals surface area contributed by atoms with Crippen LogP contribution in [0.4, 0.5) is 0 Å². The number of nitrogens with zero attached hydrogens (tertiary/aromatic N) is 3. The zero-order valence-electron chi connectivity index (χ0n) is 11.9. The Hall–Kier alpha value is -2.37. The zero-order chi connectivity index (χ0) is 14.7. The second kappa shape index (κ2) is 5.95. The van der Waals surface area contributed by atoms with Crippen molar-refractivity contribution in [2.75, 3.05) is 20.2 Å². The fourth-order valence-electron chi connectivity index (χ4n) is 2.55. The fraction of sp³-hybridized carbons (Fsp3) is 0.400. The smallest absolute Gasteiger partial charge is 0.247 e. The maximum Gasteiger partial charge on any atom is 0.247 e. The SMILES string of the molecule is COc1ccc(-c2nnc(C3CCCN(C=O)C3)o2)cc1. The van der Waals surface area contributed by atoms with Crippen LogP contribution in [0.15, 0.2) is 28.7 Å². The summed E-state index contributed by atoms with van der Waals surface area (Å²) in [6.07, 6.45) is 2.81. The Kier molecular flexibility index (Phi) is 3.85. The highest BCUT2D eigenvalue weighted by molar-refractivity contribution is 5.54. The van der Waals surface area contributed by atoms with Gasteiger partial charge in [0.25, 0.3) is 0 Å². The molecule has 1 aromatic heterocycles. The van der Waals surface area contributed by atoms with Crippen LogP contribution >= 0.6 is 0 Å². The average molecular weight is 287 g/mol. The average Bonchev–Trinajstić information content (AvgIpc) is 3.05. The maximum atomic E-state index is 10.9. The van der Waals surface area contributed by atoms with Crippen LogP contribution in [0.2, 0.25) is 0 Å². The maximum absolute atomic E-state index is 10.9. The van der Waals surface area contributed by atoms with Gasteiger partial charge in [0.05, 0.1) is 13.0 Å². The molecule has 1 fully saturated rings. The summed E-state index contributed by atoms with van der Waals surface area (Å²) in [6, 6.07) is 7.48. The monoisotopic (exact) mass is 287 g/mol. The van der Waals surface area contributed by atoms with Crippen LogP contribution in [-0.4, -0.2) is 41.7 Å². The molecule has 1 aliphatic heterocycles. The lowest BCUT2D eigenvalue weighted by atomic mass is 9.99. The number of amides is 1.